The van der Waals surface area contributed by atoms with Gasteiger partial charge in [0.05, 0.1) is 6.10 Å². The Kier molecular flexibility index (Phi) is 2.93. The van der Waals surface area contributed by atoms with E-state index in [9.17, 15) is 0 Å². The molecule has 1 saturated heterocycles. The number of rotatable bonds is 3. The summed E-state index contributed by atoms with van der Waals surface area (Å²) in [6.07, 6.45) is 2.75. The molecule has 0 radical (unpaired) electrons. The number of ether oxygens (including phenoxy) is 1. The fourth-order valence-electron chi connectivity index (χ4n) is 3.29. The van der Waals surface area contributed by atoms with Crippen LogP contribution in [-0.2, 0) is 4.74 Å². The van der Waals surface area contributed by atoms with E-state index in [1.54, 1.807) is 0 Å². The molecule has 0 aromatic heterocycles. The molecule has 1 aromatic carbocycles. The van der Waals surface area contributed by atoms with E-state index in [0.717, 1.165) is 13.0 Å². The van der Waals surface area contributed by atoms with E-state index in [0.29, 0.717) is 29.9 Å². The summed E-state index contributed by atoms with van der Waals surface area (Å²) in [7, 11) is 0. The molecule has 2 fully saturated rings. The Bertz CT molecular complexity index is 378. The van der Waals surface area contributed by atoms with Gasteiger partial charge in [-0.15, -0.1) is 0 Å². The predicted molar refractivity (Wildman–Crippen MR) is 68.8 cm³/mol. The van der Waals surface area contributed by atoms with Crippen molar-refractivity contribution >= 4 is 0 Å². The quantitative estimate of drug-likeness (QED) is 0.867. The van der Waals surface area contributed by atoms with Crippen LogP contribution in [0, 0.1) is 11.8 Å². The molecule has 2 aliphatic rings. The zero-order valence-electron chi connectivity index (χ0n) is 10.4. The lowest BCUT2D eigenvalue weighted by Gasteiger charge is -2.22. The second kappa shape index (κ2) is 4.43. The molecular weight excluding hydrogens is 210 g/mol. The minimum absolute atomic E-state index is 0.317. The van der Waals surface area contributed by atoms with Crippen LogP contribution >= 0.6 is 0 Å². The van der Waals surface area contributed by atoms with Crippen molar-refractivity contribution in [3.8, 4) is 0 Å². The molecule has 1 aliphatic carbocycles. The van der Waals surface area contributed by atoms with Crippen LogP contribution in [0.25, 0.3) is 0 Å². The molecule has 1 heterocycles. The Balaban J connectivity index is 1.64. The summed E-state index contributed by atoms with van der Waals surface area (Å²) in [5.74, 6) is 1.93. The molecule has 92 valence electrons. The Hall–Kier alpha value is -0.860. The Labute approximate surface area is 103 Å². The van der Waals surface area contributed by atoms with Gasteiger partial charge in [-0.25, -0.2) is 0 Å². The summed E-state index contributed by atoms with van der Waals surface area (Å²) < 4.78 is 5.63. The van der Waals surface area contributed by atoms with E-state index in [-0.39, 0.29) is 0 Å². The molecule has 5 unspecified atom stereocenters. The van der Waals surface area contributed by atoms with Crippen LogP contribution in [0.15, 0.2) is 30.3 Å². The highest BCUT2D eigenvalue weighted by atomic mass is 16.5. The maximum Gasteiger partial charge on any atom is 0.0590 e. The molecule has 17 heavy (non-hydrogen) atoms. The third kappa shape index (κ3) is 2.12. The van der Waals surface area contributed by atoms with E-state index in [4.69, 9.17) is 10.5 Å². The molecule has 1 aromatic rings. The van der Waals surface area contributed by atoms with Crippen molar-refractivity contribution in [3.63, 3.8) is 0 Å². The number of benzene rings is 1. The average molecular weight is 231 g/mol. The van der Waals surface area contributed by atoms with Crippen LogP contribution in [0.5, 0.6) is 0 Å². The fraction of sp³-hybridized carbons (Fsp3) is 0.600. The van der Waals surface area contributed by atoms with E-state index in [1.807, 2.05) is 0 Å². The van der Waals surface area contributed by atoms with E-state index >= 15 is 0 Å². The van der Waals surface area contributed by atoms with E-state index in [2.05, 4.69) is 37.3 Å². The summed E-state index contributed by atoms with van der Waals surface area (Å²) in [6, 6.07) is 11.1. The molecule has 1 aliphatic heterocycles. The van der Waals surface area contributed by atoms with Gasteiger partial charge in [-0.1, -0.05) is 30.3 Å². The van der Waals surface area contributed by atoms with Crippen molar-refractivity contribution in [2.45, 2.75) is 37.8 Å². The first-order chi connectivity index (χ1) is 8.27. The third-order valence-electron chi connectivity index (χ3n) is 4.49. The highest BCUT2D eigenvalue weighted by Crippen LogP contribution is 2.51. The molecule has 0 bridgehead atoms. The molecule has 2 heteroatoms. The second-order valence-electron chi connectivity index (χ2n) is 5.52. The Morgan fingerprint density at radius 1 is 1.24 bits per heavy atom. The lowest BCUT2D eigenvalue weighted by molar-refractivity contribution is 0.0972. The Morgan fingerprint density at radius 2 is 2.00 bits per heavy atom. The van der Waals surface area contributed by atoms with Crippen molar-refractivity contribution in [2.75, 3.05) is 6.61 Å². The molecule has 2 nitrogen and oxygen atoms in total. The van der Waals surface area contributed by atoms with Crippen LogP contribution in [0.4, 0.5) is 0 Å². The van der Waals surface area contributed by atoms with Crippen molar-refractivity contribution < 1.29 is 4.74 Å². The smallest absolute Gasteiger partial charge is 0.0590 e. The third-order valence-corrected chi connectivity index (χ3v) is 4.49. The highest BCUT2D eigenvalue weighted by molar-refractivity contribution is 5.26. The van der Waals surface area contributed by atoms with E-state index in [1.165, 1.54) is 12.0 Å². The lowest BCUT2D eigenvalue weighted by atomic mass is 9.89. The maximum absolute atomic E-state index is 6.42. The van der Waals surface area contributed by atoms with Gasteiger partial charge in [-0.05, 0) is 37.2 Å². The largest absolute Gasteiger partial charge is 0.378 e. The second-order valence-corrected chi connectivity index (χ2v) is 5.52. The van der Waals surface area contributed by atoms with E-state index < -0.39 is 0 Å². The van der Waals surface area contributed by atoms with Gasteiger partial charge < -0.3 is 10.5 Å². The topological polar surface area (TPSA) is 35.2 Å². The summed E-state index contributed by atoms with van der Waals surface area (Å²) in [5.41, 5.74) is 7.88. The van der Waals surface area contributed by atoms with Gasteiger partial charge in [0.2, 0.25) is 0 Å². The highest BCUT2D eigenvalue weighted by Gasteiger charge is 2.46. The SMILES string of the molecule is CC1OCCC1C(N)C1CC1c1ccccc1. The van der Waals surface area contributed by atoms with Crippen molar-refractivity contribution in [1.29, 1.82) is 0 Å². The summed E-state index contributed by atoms with van der Waals surface area (Å²) >= 11 is 0. The van der Waals surface area contributed by atoms with Gasteiger partial charge in [-0.3, -0.25) is 0 Å². The minimum atomic E-state index is 0.317. The first-order valence-corrected chi connectivity index (χ1v) is 6.69. The standard InChI is InChI=1S/C15H21NO/c1-10-12(7-8-17-10)15(16)14-9-13(14)11-5-3-2-4-6-11/h2-6,10,12-15H,7-9,16H2,1H3. The van der Waals surface area contributed by atoms with Crippen LogP contribution in [0.1, 0.15) is 31.2 Å². The zero-order valence-corrected chi connectivity index (χ0v) is 10.4. The maximum atomic E-state index is 6.42. The van der Waals surface area contributed by atoms with Crippen LogP contribution in [0.3, 0.4) is 0 Å². The number of hydrogen-bond donors (Lipinski definition) is 1. The predicted octanol–water partition coefficient (Wildman–Crippen LogP) is 2.54. The molecule has 5 atom stereocenters. The van der Waals surface area contributed by atoms with Gasteiger partial charge in [-0.2, -0.15) is 0 Å². The number of hydrogen-bond acceptors (Lipinski definition) is 2. The first kappa shape index (κ1) is 11.2. The van der Waals surface area contributed by atoms with Crippen molar-refractivity contribution in [3.05, 3.63) is 35.9 Å². The molecular formula is C15H21NO. The first-order valence-electron chi connectivity index (χ1n) is 6.69. The van der Waals surface area contributed by atoms with Gasteiger partial charge in [0.1, 0.15) is 0 Å². The summed E-state index contributed by atoms with van der Waals surface area (Å²) in [4.78, 5) is 0. The van der Waals surface area contributed by atoms with Gasteiger partial charge >= 0.3 is 0 Å². The summed E-state index contributed by atoms with van der Waals surface area (Å²) in [6.45, 7) is 3.06. The molecule has 2 N–H and O–H groups in total. The van der Waals surface area contributed by atoms with Crippen LogP contribution < -0.4 is 5.73 Å². The van der Waals surface area contributed by atoms with Crippen LogP contribution in [0.2, 0.25) is 0 Å². The van der Waals surface area contributed by atoms with Gasteiger partial charge in [0, 0.05) is 18.6 Å². The minimum Gasteiger partial charge on any atom is -0.378 e. The molecule has 0 amide bonds. The molecule has 0 spiro atoms. The Morgan fingerprint density at radius 3 is 2.65 bits per heavy atom. The molecule has 3 rings (SSSR count). The van der Waals surface area contributed by atoms with Crippen molar-refractivity contribution in [1.82, 2.24) is 0 Å². The summed E-state index contributed by atoms with van der Waals surface area (Å²) in [5, 5.41) is 0. The average Bonchev–Trinajstić information content (AvgIpc) is 3.05. The normalized spacial score (nSPS) is 38.0. The van der Waals surface area contributed by atoms with Crippen molar-refractivity contribution in [2.24, 2.45) is 17.6 Å². The fourth-order valence-corrected chi connectivity index (χ4v) is 3.29. The van der Waals surface area contributed by atoms with Gasteiger partial charge in [0.25, 0.3) is 0 Å². The number of nitrogens with two attached hydrogens (primary N) is 1. The van der Waals surface area contributed by atoms with Crippen LogP contribution in [-0.4, -0.2) is 18.8 Å². The zero-order chi connectivity index (χ0) is 11.8. The monoisotopic (exact) mass is 231 g/mol. The lowest BCUT2D eigenvalue weighted by Crippen LogP contribution is -2.36. The molecule has 1 saturated carbocycles. The van der Waals surface area contributed by atoms with Gasteiger partial charge in [0.15, 0.2) is 0 Å².